The third-order valence-corrected chi connectivity index (χ3v) is 3.68. The van der Waals surface area contributed by atoms with E-state index in [1.165, 1.54) is 0 Å². The van der Waals surface area contributed by atoms with Crippen LogP contribution in [0.1, 0.15) is 5.01 Å². The molecule has 0 amide bonds. The Hall–Kier alpha value is -0.610. The first-order chi connectivity index (χ1) is 7.70. The molecule has 1 heterocycles. The van der Waals surface area contributed by atoms with Gasteiger partial charge in [0.05, 0.1) is 15.7 Å². The maximum Gasteiger partial charge on any atom is 0.107 e. The molecule has 0 aliphatic heterocycles. The summed E-state index contributed by atoms with van der Waals surface area (Å²) in [5.74, 6) is 0. The third kappa shape index (κ3) is 2.55. The maximum absolute atomic E-state index is 5.96. The van der Waals surface area contributed by atoms with E-state index in [2.05, 4.69) is 10.3 Å². The van der Waals surface area contributed by atoms with E-state index in [1.54, 1.807) is 17.4 Å². The number of nitrogens with zero attached hydrogens (tertiary/aromatic N) is 1. The van der Waals surface area contributed by atoms with Gasteiger partial charge in [-0.3, -0.25) is 0 Å². The van der Waals surface area contributed by atoms with E-state index in [0.29, 0.717) is 10.0 Å². The number of nitrogens with one attached hydrogen (secondary N) is 1. The number of benzene rings is 1. The van der Waals surface area contributed by atoms with Gasteiger partial charge in [-0.2, -0.15) is 0 Å². The zero-order valence-electron chi connectivity index (χ0n) is 8.63. The lowest BCUT2D eigenvalue weighted by atomic mass is 10.2. The van der Waals surface area contributed by atoms with Crippen molar-refractivity contribution in [1.29, 1.82) is 0 Å². The quantitative estimate of drug-likeness (QED) is 0.919. The topological polar surface area (TPSA) is 24.9 Å². The lowest BCUT2D eigenvalue weighted by molar-refractivity contribution is 0.811. The summed E-state index contributed by atoms with van der Waals surface area (Å²) in [5, 5.41) is 7.27. The van der Waals surface area contributed by atoms with Crippen LogP contribution in [0.15, 0.2) is 23.6 Å². The minimum absolute atomic E-state index is 0.558. The summed E-state index contributed by atoms with van der Waals surface area (Å²) in [5.41, 5.74) is 1.93. The van der Waals surface area contributed by atoms with E-state index in [4.69, 9.17) is 23.2 Å². The van der Waals surface area contributed by atoms with Crippen LogP contribution in [0.25, 0.3) is 11.3 Å². The van der Waals surface area contributed by atoms with Crippen molar-refractivity contribution in [3.05, 3.63) is 38.6 Å². The van der Waals surface area contributed by atoms with Crippen LogP contribution in [-0.4, -0.2) is 12.0 Å². The van der Waals surface area contributed by atoms with Crippen molar-refractivity contribution in [2.24, 2.45) is 0 Å². The molecule has 2 rings (SSSR count). The van der Waals surface area contributed by atoms with Crippen molar-refractivity contribution in [3.63, 3.8) is 0 Å². The van der Waals surface area contributed by atoms with Crippen molar-refractivity contribution in [3.8, 4) is 11.3 Å². The molecule has 0 spiro atoms. The van der Waals surface area contributed by atoms with Crippen LogP contribution in [0, 0.1) is 0 Å². The predicted molar refractivity (Wildman–Crippen MR) is 70.3 cm³/mol. The monoisotopic (exact) mass is 272 g/mol. The third-order valence-electron chi connectivity index (χ3n) is 2.10. The standard InChI is InChI=1S/C11H10Cl2N2S/c1-14-5-11-15-10(6-16-11)7-2-3-8(12)9(13)4-7/h2-4,6,14H,5H2,1H3. The first-order valence-corrected chi connectivity index (χ1v) is 6.38. The van der Waals surface area contributed by atoms with Gasteiger partial charge in [-0.15, -0.1) is 11.3 Å². The molecule has 1 aromatic heterocycles. The Balaban J connectivity index is 2.31. The lowest BCUT2D eigenvalue weighted by Crippen LogP contribution is -2.04. The van der Waals surface area contributed by atoms with Gasteiger partial charge in [-0.1, -0.05) is 29.3 Å². The Morgan fingerprint density at radius 2 is 2.12 bits per heavy atom. The number of hydrogen-bond acceptors (Lipinski definition) is 3. The SMILES string of the molecule is CNCc1nc(-c2ccc(Cl)c(Cl)c2)cs1. The van der Waals surface area contributed by atoms with Gasteiger partial charge in [0.15, 0.2) is 0 Å². The summed E-state index contributed by atoms with van der Waals surface area (Å²) in [6, 6.07) is 5.55. The van der Waals surface area contributed by atoms with Crippen LogP contribution in [0.3, 0.4) is 0 Å². The second-order valence-corrected chi connectivity index (χ2v) is 5.04. The first-order valence-electron chi connectivity index (χ1n) is 4.75. The summed E-state index contributed by atoms with van der Waals surface area (Å²) in [6.07, 6.45) is 0. The fourth-order valence-corrected chi connectivity index (χ4v) is 2.44. The van der Waals surface area contributed by atoms with Crippen LogP contribution >= 0.6 is 34.5 Å². The second-order valence-electron chi connectivity index (χ2n) is 3.29. The van der Waals surface area contributed by atoms with Crippen LogP contribution in [0.2, 0.25) is 10.0 Å². The Labute approximate surface area is 108 Å². The summed E-state index contributed by atoms with van der Waals surface area (Å²) in [6.45, 7) is 0.784. The molecule has 0 aliphatic carbocycles. The molecule has 0 aliphatic rings. The van der Waals surface area contributed by atoms with Crippen molar-refractivity contribution in [2.45, 2.75) is 6.54 Å². The summed E-state index contributed by atoms with van der Waals surface area (Å²) < 4.78 is 0. The molecule has 0 unspecified atom stereocenters. The van der Waals surface area contributed by atoms with Crippen LogP contribution in [0.5, 0.6) is 0 Å². The minimum atomic E-state index is 0.558. The van der Waals surface area contributed by atoms with Crippen molar-refractivity contribution >= 4 is 34.5 Å². The van der Waals surface area contributed by atoms with E-state index in [1.807, 2.05) is 24.6 Å². The van der Waals surface area contributed by atoms with E-state index in [0.717, 1.165) is 22.8 Å². The van der Waals surface area contributed by atoms with Gasteiger partial charge in [0.25, 0.3) is 0 Å². The highest BCUT2D eigenvalue weighted by Crippen LogP contribution is 2.29. The van der Waals surface area contributed by atoms with E-state index in [9.17, 15) is 0 Å². The van der Waals surface area contributed by atoms with Gasteiger partial charge in [0.1, 0.15) is 5.01 Å². The highest BCUT2D eigenvalue weighted by atomic mass is 35.5. The summed E-state index contributed by atoms with van der Waals surface area (Å²) in [7, 11) is 1.90. The molecule has 84 valence electrons. The molecule has 0 atom stereocenters. The molecule has 0 saturated heterocycles. The Morgan fingerprint density at radius 1 is 1.31 bits per heavy atom. The highest BCUT2D eigenvalue weighted by molar-refractivity contribution is 7.09. The van der Waals surface area contributed by atoms with E-state index >= 15 is 0 Å². The predicted octanol–water partition coefficient (Wildman–Crippen LogP) is 3.84. The van der Waals surface area contributed by atoms with E-state index in [-0.39, 0.29) is 0 Å². The van der Waals surface area contributed by atoms with Gasteiger partial charge in [0.2, 0.25) is 0 Å². The maximum atomic E-state index is 5.96. The van der Waals surface area contributed by atoms with Crippen LogP contribution in [0.4, 0.5) is 0 Å². The molecular formula is C11H10Cl2N2S. The molecule has 2 nitrogen and oxygen atoms in total. The number of rotatable bonds is 3. The van der Waals surface area contributed by atoms with Crippen molar-refractivity contribution in [2.75, 3.05) is 7.05 Å². The lowest BCUT2D eigenvalue weighted by Gasteiger charge is -1.99. The van der Waals surface area contributed by atoms with Gasteiger partial charge in [-0.05, 0) is 19.2 Å². The molecule has 0 radical (unpaired) electrons. The zero-order chi connectivity index (χ0) is 11.5. The number of thiazole rings is 1. The normalized spacial score (nSPS) is 10.7. The summed E-state index contributed by atoms with van der Waals surface area (Å²) >= 11 is 13.5. The van der Waals surface area contributed by atoms with Gasteiger partial charge in [-0.25, -0.2) is 4.98 Å². The smallest absolute Gasteiger partial charge is 0.107 e. The molecule has 0 fully saturated rings. The van der Waals surface area contributed by atoms with Crippen molar-refractivity contribution in [1.82, 2.24) is 10.3 Å². The Bertz CT molecular complexity index is 496. The summed E-state index contributed by atoms with van der Waals surface area (Å²) in [4.78, 5) is 4.50. The molecule has 16 heavy (non-hydrogen) atoms. The molecule has 0 bridgehead atoms. The van der Waals surface area contributed by atoms with Crippen LogP contribution in [-0.2, 0) is 6.54 Å². The minimum Gasteiger partial charge on any atom is -0.314 e. The van der Waals surface area contributed by atoms with Gasteiger partial charge < -0.3 is 5.32 Å². The zero-order valence-corrected chi connectivity index (χ0v) is 11.0. The fourth-order valence-electron chi connectivity index (χ4n) is 1.33. The van der Waals surface area contributed by atoms with E-state index < -0.39 is 0 Å². The Kier molecular flexibility index (Phi) is 3.82. The molecule has 5 heteroatoms. The van der Waals surface area contributed by atoms with Crippen molar-refractivity contribution < 1.29 is 0 Å². The van der Waals surface area contributed by atoms with Crippen LogP contribution < -0.4 is 5.32 Å². The Morgan fingerprint density at radius 3 is 2.81 bits per heavy atom. The average molecular weight is 273 g/mol. The molecule has 1 aromatic carbocycles. The van der Waals surface area contributed by atoms with Gasteiger partial charge in [0, 0.05) is 17.5 Å². The second kappa shape index (κ2) is 5.15. The number of halogens is 2. The number of hydrogen-bond donors (Lipinski definition) is 1. The molecular weight excluding hydrogens is 263 g/mol. The number of aromatic nitrogens is 1. The fraction of sp³-hybridized carbons (Fsp3) is 0.182. The average Bonchev–Trinajstić information content (AvgIpc) is 2.71. The largest absolute Gasteiger partial charge is 0.314 e. The highest BCUT2D eigenvalue weighted by Gasteiger charge is 2.06. The first kappa shape index (κ1) is 11.9. The van der Waals surface area contributed by atoms with Gasteiger partial charge >= 0.3 is 0 Å². The molecule has 1 N–H and O–H groups in total. The molecule has 2 aromatic rings. The molecule has 0 saturated carbocycles.